The van der Waals surface area contributed by atoms with Gasteiger partial charge in [-0.25, -0.2) is 0 Å². The Bertz CT molecular complexity index is 313. The van der Waals surface area contributed by atoms with E-state index in [1.54, 1.807) is 0 Å². The second-order valence-corrected chi connectivity index (χ2v) is 3.91. The highest BCUT2D eigenvalue weighted by Gasteiger charge is 1.92. The number of halogens is 1. The minimum absolute atomic E-state index is 1.11. The molecular weight excluding hydrogens is 283 g/mol. The third-order valence-corrected chi connectivity index (χ3v) is 2.48. The molecule has 0 spiro atoms. The number of aryl methyl sites for hydroxylation is 1. The van der Waals surface area contributed by atoms with E-state index in [9.17, 15) is 0 Å². The standard InChI is InChI=1S/C13H15I/c1-2-3-4-5-12-6-8-13(9-7-12)10-11-14/h6-9H,2-5H2,1H3. The highest BCUT2D eigenvalue weighted by atomic mass is 127. The molecule has 0 radical (unpaired) electrons. The lowest BCUT2D eigenvalue weighted by Crippen LogP contribution is -1.85. The molecule has 0 atom stereocenters. The summed E-state index contributed by atoms with van der Waals surface area (Å²) in [5.41, 5.74) is 2.54. The normalized spacial score (nSPS) is 9.29. The number of hydrogen-bond donors (Lipinski definition) is 0. The summed E-state index contributed by atoms with van der Waals surface area (Å²) in [4.78, 5) is 0. The van der Waals surface area contributed by atoms with Gasteiger partial charge in [0.05, 0.1) is 0 Å². The van der Waals surface area contributed by atoms with Crippen molar-refractivity contribution in [2.45, 2.75) is 32.6 Å². The van der Waals surface area contributed by atoms with Gasteiger partial charge in [-0.05, 0) is 34.5 Å². The smallest absolute Gasteiger partial charge is 0.0253 e. The first kappa shape index (κ1) is 11.6. The topological polar surface area (TPSA) is 0 Å². The summed E-state index contributed by atoms with van der Waals surface area (Å²) in [7, 11) is 0. The molecule has 0 nitrogen and oxygen atoms in total. The summed E-state index contributed by atoms with van der Waals surface area (Å²) in [6, 6.07) is 8.58. The lowest BCUT2D eigenvalue weighted by atomic mass is 10.1. The van der Waals surface area contributed by atoms with Crippen molar-refractivity contribution in [1.82, 2.24) is 0 Å². The monoisotopic (exact) mass is 298 g/mol. The summed E-state index contributed by atoms with van der Waals surface area (Å²) >= 11 is 2.07. The van der Waals surface area contributed by atoms with E-state index in [0.29, 0.717) is 0 Å². The lowest BCUT2D eigenvalue weighted by Gasteiger charge is -2.00. The van der Waals surface area contributed by atoms with Crippen molar-refractivity contribution >= 4 is 22.6 Å². The van der Waals surface area contributed by atoms with Gasteiger partial charge in [-0.3, -0.25) is 0 Å². The summed E-state index contributed by atoms with van der Waals surface area (Å²) in [6.45, 7) is 2.24. The van der Waals surface area contributed by atoms with E-state index < -0.39 is 0 Å². The third kappa shape index (κ3) is 4.15. The molecule has 0 fully saturated rings. The maximum Gasteiger partial charge on any atom is 0.0253 e. The molecule has 74 valence electrons. The lowest BCUT2D eigenvalue weighted by molar-refractivity contribution is 0.717. The average Bonchev–Trinajstić information content (AvgIpc) is 2.21. The second-order valence-electron chi connectivity index (χ2n) is 3.37. The number of benzene rings is 1. The molecule has 0 saturated heterocycles. The second kappa shape index (κ2) is 6.89. The van der Waals surface area contributed by atoms with Crippen LogP contribution < -0.4 is 0 Å². The van der Waals surface area contributed by atoms with Gasteiger partial charge in [0, 0.05) is 28.2 Å². The van der Waals surface area contributed by atoms with Gasteiger partial charge in [-0.15, -0.1) is 0 Å². The van der Waals surface area contributed by atoms with Gasteiger partial charge < -0.3 is 0 Å². The van der Waals surface area contributed by atoms with Crippen LogP contribution in [-0.4, -0.2) is 0 Å². The van der Waals surface area contributed by atoms with Crippen LogP contribution in [-0.2, 0) is 6.42 Å². The Labute approximate surface area is 100 Å². The predicted molar refractivity (Wildman–Crippen MR) is 70.6 cm³/mol. The average molecular weight is 298 g/mol. The molecule has 0 N–H and O–H groups in total. The van der Waals surface area contributed by atoms with E-state index in [1.807, 2.05) is 0 Å². The quantitative estimate of drug-likeness (QED) is 0.445. The van der Waals surface area contributed by atoms with Crippen LogP contribution in [0, 0.1) is 9.85 Å². The predicted octanol–water partition coefficient (Wildman–Crippen LogP) is 4.16. The number of rotatable bonds is 4. The summed E-state index contributed by atoms with van der Waals surface area (Å²) < 4.78 is 2.88. The van der Waals surface area contributed by atoms with Gasteiger partial charge in [0.15, 0.2) is 0 Å². The molecule has 0 aliphatic rings. The number of hydrogen-bond acceptors (Lipinski definition) is 0. The van der Waals surface area contributed by atoms with E-state index in [-0.39, 0.29) is 0 Å². The van der Waals surface area contributed by atoms with E-state index in [2.05, 4.69) is 63.6 Å². The molecule has 1 rings (SSSR count). The molecule has 0 aliphatic carbocycles. The highest BCUT2D eigenvalue weighted by molar-refractivity contribution is 14.1. The van der Waals surface area contributed by atoms with Gasteiger partial charge in [-0.2, -0.15) is 0 Å². The Kier molecular flexibility index (Phi) is 5.70. The molecule has 0 aromatic heterocycles. The zero-order chi connectivity index (χ0) is 10.2. The van der Waals surface area contributed by atoms with Crippen molar-refractivity contribution in [3.8, 4) is 9.85 Å². The maximum absolute atomic E-state index is 3.04. The van der Waals surface area contributed by atoms with Crippen LogP contribution in [0.3, 0.4) is 0 Å². The van der Waals surface area contributed by atoms with Crippen molar-refractivity contribution < 1.29 is 0 Å². The zero-order valence-electron chi connectivity index (χ0n) is 8.52. The third-order valence-electron chi connectivity index (χ3n) is 2.21. The van der Waals surface area contributed by atoms with Crippen LogP contribution in [0.15, 0.2) is 24.3 Å². The molecule has 1 heteroatoms. The Morgan fingerprint density at radius 3 is 2.43 bits per heavy atom. The molecular formula is C13H15I. The van der Waals surface area contributed by atoms with Gasteiger partial charge in [0.1, 0.15) is 0 Å². The van der Waals surface area contributed by atoms with Crippen LogP contribution in [0.25, 0.3) is 0 Å². The van der Waals surface area contributed by atoms with Crippen molar-refractivity contribution in [2.24, 2.45) is 0 Å². The molecule has 0 unspecified atom stereocenters. The summed E-state index contributed by atoms with van der Waals surface area (Å²) in [6.07, 6.45) is 5.12. The van der Waals surface area contributed by atoms with E-state index >= 15 is 0 Å². The summed E-state index contributed by atoms with van der Waals surface area (Å²) in [5, 5.41) is 0. The molecule has 1 aromatic rings. The fourth-order valence-corrected chi connectivity index (χ4v) is 1.70. The van der Waals surface area contributed by atoms with Crippen LogP contribution in [0.1, 0.15) is 37.3 Å². The molecule has 0 heterocycles. The van der Waals surface area contributed by atoms with Crippen molar-refractivity contribution in [1.29, 1.82) is 0 Å². The van der Waals surface area contributed by atoms with Gasteiger partial charge >= 0.3 is 0 Å². The van der Waals surface area contributed by atoms with Crippen LogP contribution in [0.4, 0.5) is 0 Å². The van der Waals surface area contributed by atoms with Gasteiger partial charge in [-0.1, -0.05) is 37.8 Å². The van der Waals surface area contributed by atoms with E-state index in [0.717, 1.165) is 5.56 Å². The Balaban J connectivity index is 2.49. The molecule has 0 saturated carbocycles. The summed E-state index contributed by atoms with van der Waals surface area (Å²) in [5.74, 6) is 3.04. The van der Waals surface area contributed by atoms with Crippen molar-refractivity contribution in [2.75, 3.05) is 0 Å². The van der Waals surface area contributed by atoms with Gasteiger partial charge in [0.25, 0.3) is 0 Å². The highest BCUT2D eigenvalue weighted by Crippen LogP contribution is 2.08. The van der Waals surface area contributed by atoms with E-state index in [4.69, 9.17) is 0 Å². The molecule has 1 aromatic carbocycles. The number of unbranched alkanes of at least 4 members (excludes halogenated alkanes) is 2. The molecule has 14 heavy (non-hydrogen) atoms. The van der Waals surface area contributed by atoms with Gasteiger partial charge in [0.2, 0.25) is 0 Å². The van der Waals surface area contributed by atoms with Crippen LogP contribution in [0.2, 0.25) is 0 Å². The van der Waals surface area contributed by atoms with Crippen molar-refractivity contribution in [3.63, 3.8) is 0 Å². The first-order chi connectivity index (χ1) is 6.86. The molecule has 0 amide bonds. The zero-order valence-corrected chi connectivity index (χ0v) is 10.7. The largest absolute Gasteiger partial charge is 0.0654 e. The van der Waals surface area contributed by atoms with E-state index in [1.165, 1.54) is 31.2 Å². The molecule has 0 bridgehead atoms. The Morgan fingerprint density at radius 1 is 1.14 bits per heavy atom. The van der Waals surface area contributed by atoms with Crippen molar-refractivity contribution in [3.05, 3.63) is 35.4 Å². The Morgan fingerprint density at radius 2 is 1.86 bits per heavy atom. The minimum atomic E-state index is 1.11. The Hall–Kier alpha value is -0.490. The van der Waals surface area contributed by atoms with Crippen LogP contribution in [0.5, 0.6) is 0 Å². The maximum atomic E-state index is 3.04. The fraction of sp³-hybridized carbons (Fsp3) is 0.385. The first-order valence-corrected chi connectivity index (χ1v) is 6.15. The first-order valence-electron chi connectivity index (χ1n) is 5.07. The SMILES string of the molecule is CCCCCc1ccc(C#CI)cc1. The fourth-order valence-electron chi connectivity index (χ4n) is 1.39. The molecule has 0 aliphatic heterocycles. The minimum Gasteiger partial charge on any atom is -0.0654 e. The van der Waals surface area contributed by atoms with Crippen LogP contribution >= 0.6 is 22.6 Å².